The summed E-state index contributed by atoms with van der Waals surface area (Å²) >= 11 is 2.98. The summed E-state index contributed by atoms with van der Waals surface area (Å²) in [6.07, 6.45) is 1.26. The molecule has 1 unspecified atom stereocenters. The lowest BCUT2D eigenvalue weighted by Gasteiger charge is -2.28. The molecule has 0 aromatic heterocycles. The lowest BCUT2D eigenvalue weighted by molar-refractivity contribution is -0.0694. The number of hydrogen-bond donors (Lipinski definition) is 2. The minimum atomic E-state index is -1.21. The summed E-state index contributed by atoms with van der Waals surface area (Å²) in [6.45, 7) is 0. The lowest BCUT2D eigenvalue weighted by atomic mass is 9.90. The van der Waals surface area contributed by atoms with Crippen molar-refractivity contribution in [1.29, 1.82) is 0 Å². The van der Waals surface area contributed by atoms with Gasteiger partial charge in [-0.25, -0.2) is 8.78 Å². The zero-order valence-electron chi connectivity index (χ0n) is 9.80. The van der Waals surface area contributed by atoms with Gasteiger partial charge >= 0.3 is 0 Å². The van der Waals surface area contributed by atoms with Gasteiger partial charge < -0.3 is 10.2 Å². The molecule has 2 rings (SSSR count). The van der Waals surface area contributed by atoms with E-state index in [-0.39, 0.29) is 16.5 Å². The SMILES string of the molecule is OC(Cc1c(F)ccc(Br)c1F)C1(O)CCCC1. The smallest absolute Gasteiger partial charge is 0.143 e. The van der Waals surface area contributed by atoms with E-state index in [1.165, 1.54) is 6.07 Å². The van der Waals surface area contributed by atoms with Crippen molar-refractivity contribution in [3.63, 3.8) is 0 Å². The van der Waals surface area contributed by atoms with Gasteiger partial charge in [0.05, 0.1) is 16.2 Å². The van der Waals surface area contributed by atoms with Crippen LogP contribution in [0.1, 0.15) is 31.2 Å². The van der Waals surface area contributed by atoms with Crippen LogP contribution in [0, 0.1) is 11.6 Å². The summed E-state index contributed by atoms with van der Waals surface area (Å²) in [5, 5.41) is 20.2. The van der Waals surface area contributed by atoms with Crippen molar-refractivity contribution in [3.8, 4) is 0 Å². The molecule has 0 amide bonds. The van der Waals surface area contributed by atoms with Gasteiger partial charge in [0.2, 0.25) is 0 Å². The van der Waals surface area contributed by atoms with Gasteiger partial charge in [-0.1, -0.05) is 12.8 Å². The summed E-state index contributed by atoms with van der Waals surface area (Å²) < 4.78 is 27.5. The Labute approximate surface area is 113 Å². The molecule has 0 aliphatic heterocycles. The molecular formula is C13H15BrF2O2. The second kappa shape index (κ2) is 5.23. The molecule has 1 aliphatic carbocycles. The molecule has 100 valence electrons. The first-order valence-corrected chi connectivity index (χ1v) is 6.76. The third kappa shape index (κ3) is 2.58. The largest absolute Gasteiger partial charge is 0.390 e. The van der Waals surface area contributed by atoms with Crippen molar-refractivity contribution in [1.82, 2.24) is 0 Å². The van der Waals surface area contributed by atoms with Gasteiger partial charge in [0.15, 0.2) is 0 Å². The average molecular weight is 321 g/mol. The molecule has 1 atom stereocenters. The zero-order valence-corrected chi connectivity index (χ0v) is 11.4. The fourth-order valence-electron chi connectivity index (χ4n) is 2.46. The highest BCUT2D eigenvalue weighted by Gasteiger charge is 2.39. The Kier molecular flexibility index (Phi) is 4.04. The van der Waals surface area contributed by atoms with Crippen LogP contribution in [-0.4, -0.2) is 21.9 Å². The third-order valence-corrected chi connectivity index (χ3v) is 4.24. The first kappa shape index (κ1) is 13.9. The zero-order chi connectivity index (χ0) is 13.3. The number of rotatable bonds is 3. The standard InChI is InChI=1S/C13H15BrF2O2/c14-9-3-4-10(15)8(12(9)16)7-11(17)13(18)5-1-2-6-13/h3-4,11,17-18H,1-2,5-7H2. The second-order valence-electron chi connectivity index (χ2n) is 4.85. The monoisotopic (exact) mass is 320 g/mol. The number of halogens is 3. The van der Waals surface area contributed by atoms with Crippen molar-refractivity contribution in [2.75, 3.05) is 0 Å². The molecular weight excluding hydrogens is 306 g/mol. The van der Waals surface area contributed by atoms with Crippen molar-refractivity contribution >= 4 is 15.9 Å². The number of aliphatic hydroxyl groups is 2. The van der Waals surface area contributed by atoms with Crippen LogP contribution in [-0.2, 0) is 6.42 Å². The van der Waals surface area contributed by atoms with Crippen LogP contribution >= 0.6 is 15.9 Å². The average Bonchev–Trinajstić information content (AvgIpc) is 2.78. The van der Waals surface area contributed by atoms with Gasteiger partial charge in [0.1, 0.15) is 11.6 Å². The summed E-state index contributed by atoms with van der Waals surface area (Å²) in [4.78, 5) is 0. The lowest BCUT2D eigenvalue weighted by Crippen LogP contribution is -2.41. The molecule has 1 aromatic carbocycles. The normalized spacial score (nSPS) is 20.1. The van der Waals surface area contributed by atoms with Crippen LogP contribution in [0.2, 0.25) is 0 Å². The molecule has 0 bridgehead atoms. The highest BCUT2D eigenvalue weighted by atomic mass is 79.9. The van der Waals surface area contributed by atoms with E-state index >= 15 is 0 Å². The second-order valence-corrected chi connectivity index (χ2v) is 5.71. The van der Waals surface area contributed by atoms with Crippen molar-refractivity contribution in [2.45, 2.75) is 43.8 Å². The Morgan fingerprint density at radius 1 is 1.28 bits per heavy atom. The molecule has 0 radical (unpaired) electrons. The van der Waals surface area contributed by atoms with Gasteiger partial charge in [-0.15, -0.1) is 0 Å². The fourth-order valence-corrected chi connectivity index (χ4v) is 2.83. The Hall–Kier alpha value is -0.520. The number of hydrogen-bond acceptors (Lipinski definition) is 2. The van der Waals surface area contributed by atoms with Crippen LogP contribution < -0.4 is 0 Å². The van der Waals surface area contributed by atoms with Crippen molar-refractivity contribution in [3.05, 3.63) is 33.8 Å². The van der Waals surface area contributed by atoms with E-state index in [0.29, 0.717) is 12.8 Å². The number of aliphatic hydroxyl groups excluding tert-OH is 1. The summed E-state index contributed by atoms with van der Waals surface area (Å²) in [7, 11) is 0. The highest BCUT2D eigenvalue weighted by molar-refractivity contribution is 9.10. The third-order valence-electron chi connectivity index (χ3n) is 3.63. The van der Waals surface area contributed by atoms with E-state index in [1.807, 2.05) is 0 Å². The molecule has 1 fully saturated rings. The Balaban J connectivity index is 2.21. The minimum Gasteiger partial charge on any atom is -0.390 e. The quantitative estimate of drug-likeness (QED) is 0.841. The molecule has 1 saturated carbocycles. The Morgan fingerprint density at radius 3 is 2.50 bits per heavy atom. The Bertz CT molecular complexity index is 445. The van der Waals surface area contributed by atoms with Gasteiger partial charge in [-0.05, 0) is 40.9 Å². The van der Waals surface area contributed by atoms with Gasteiger partial charge in [0.25, 0.3) is 0 Å². The molecule has 5 heteroatoms. The van der Waals surface area contributed by atoms with E-state index in [0.717, 1.165) is 18.9 Å². The number of benzene rings is 1. The molecule has 0 heterocycles. The summed E-state index contributed by atoms with van der Waals surface area (Å²) in [5.74, 6) is -1.41. The first-order valence-electron chi connectivity index (χ1n) is 5.97. The van der Waals surface area contributed by atoms with Crippen molar-refractivity contribution in [2.24, 2.45) is 0 Å². The predicted molar refractivity (Wildman–Crippen MR) is 67.2 cm³/mol. The molecule has 0 spiro atoms. The van der Waals surface area contributed by atoms with Crippen molar-refractivity contribution < 1.29 is 19.0 Å². The van der Waals surface area contributed by atoms with E-state index in [1.54, 1.807) is 0 Å². The Morgan fingerprint density at radius 2 is 1.89 bits per heavy atom. The van der Waals surface area contributed by atoms with E-state index < -0.39 is 23.3 Å². The molecule has 1 aromatic rings. The fraction of sp³-hybridized carbons (Fsp3) is 0.538. The first-order chi connectivity index (χ1) is 8.44. The minimum absolute atomic E-state index is 0.157. The van der Waals surface area contributed by atoms with Gasteiger partial charge in [-0.3, -0.25) is 0 Å². The molecule has 2 nitrogen and oxygen atoms in total. The molecule has 2 N–H and O–H groups in total. The predicted octanol–water partition coefficient (Wildman–Crippen LogP) is 2.94. The highest BCUT2D eigenvalue weighted by Crippen LogP contribution is 2.34. The molecule has 1 aliphatic rings. The van der Waals surface area contributed by atoms with Gasteiger partial charge in [-0.2, -0.15) is 0 Å². The van der Waals surface area contributed by atoms with Crippen LogP contribution in [0.3, 0.4) is 0 Å². The molecule has 18 heavy (non-hydrogen) atoms. The van der Waals surface area contributed by atoms with Gasteiger partial charge in [0, 0.05) is 12.0 Å². The molecule has 0 saturated heterocycles. The van der Waals surface area contributed by atoms with Crippen LogP contribution in [0.4, 0.5) is 8.78 Å². The summed E-state index contributed by atoms with van der Waals surface area (Å²) in [6, 6.07) is 2.43. The van der Waals surface area contributed by atoms with Crippen LogP contribution in [0.25, 0.3) is 0 Å². The van der Waals surface area contributed by atoms with Crippen LogP contribution in [0.5, 0.6) is 0 Å². The van der Waals surface area contributed by atoms with E-state index in [9.17, 15) is 19.0 Å². The van der Waals surface area contributed by atoms with E-state index in [2.05, 4.69) is 15.9 Å². The van der Waals surface area contributed by atoms with Crippen LogP contribution in [0.15, 0.2) is 16.6 Å². The maximum absolute atomic E-state index is 13.8. The topological polar surface area (TPSA) is 40.5 Å². The maximum atomic E-state index is 13.8. The summed E-state index contributed by atoms with van der Waals surface area (Å²) in [5.41, 5.74) is -1.39. The van der Waals surface area contributed by atoms with E-state index in [4.69, 9.17) is 0 Å². The maximum Gasteiger partial charge on any atom is 0.143 e.